The van der Waals surface area contributed by atoms with Gasteiger partial charge in [0, 0.05) is 45.2 Å². The Hall–Kier alpha value is -5.20. The van der Waals surface area contributed by atoms with Gasteiger partial charge < -0.3 is 71.4 Å². The highest BCUT2D eigenvalue weighted by Gasteiger charge is 2.25. The third-order valence-electron chi connectivity index (χ3n) is 10.5. The van der Waals surface area contributed by atoms with Crippen LogP contribution in [0.1, 0.15) is 141 Å². The summed E-state index contributed by atoms with van der Waals surface area (Å²) in [7, 11) is 1.29. The molecule has 6 amide bonds. The molecule has 0 aliphatic rings. The molecule has 24 heteroatoms. The molecule has 0 aliphatic carbocycles. The average Bonchev–Trinajstić information content (AvgIpc) is 3.28. The van der Waals surface area contributed by atoms with Gasteiger partial charge in [-0.25, -0.2) is 9.59 Å². The largest absolute Gasteiger partial charge is 0.481 e. The zero-order valence-electron chi connectivity index (χ0n) is 40.5. The van der Waals surface area contributed by atoms with Crippen molar-refractivity contribution < 1.29 is 82.2 Å². The maximum atomic E-state index is 12.5. The van der Waals surface area contributed by atoms with Crippen molar-refractivity contribution in [2.24, 2.45) is 5.73 Å². The summed E-state index contributed by atoms with van der Waals surface area (Å²) < 4.78 is 21.1. The highest BCUT2D eigenvalue weighted by molar-refractivity contribution is 6.59. The molecule has 0 heterocycles. The van der Waals surface area contributed by atoms with Crippen LogP contribution in [0.2, 0.25) is 0 Å². The third kappa shape index (κ3) is 41.5. The van der Waals surface area contributed by atoms with Gasteiger partial charge in [-0.2, -0.15) is 0 Å². The van der Waals surface area contributed by atoms with Gasteiger partial charge in [0.15, 0.2) is 7.85 Å². The van der Waals surface area contributed by atoms with Gasteiger partial charge in [0.25, 0.3) is 0 Å². The standard InChI is InChI=1S/C45H79BN6O17/c46-43(61)33(17-20-36(47)53)50-41(58)32-69-30-28-67-26-24-49-40(57)31-68-29-27-66-25-23-48-37(54)21-18-34(44(62)63)52-39(56)22-19-35(45(64)65)51-38(55)15-13-11-9-7-5-3-1-2-4-6-8-10-12-14-16-42(59)60/h33-35H,1-32,46H2,(H2,47,53)(H,48,54)(H,49,57)(H,50,58)(H,51,55)(H,52,56)(H,59,60)(H,62,63)(H,64,65)/t33?,34-,35?/m0/s1. The molecule has 10 N–H and O–H groups in total. The number of nitrogens with two attached hydrogens (primary N) is 1. The van der Waals surface area contributed by atoms with Gasteiger partial charge in [0.2, 0.25) is 35.4 Å². The van der Waals surface area contributed by atoms with E-state index < -0.39 is 71.5 Å². The number of carbonyl (C=O) groups excluding carboxylic acids is 7. The first-order valence-corrected chi connectivity index (χ1v) is 24.2. The number of carboxylic acid groups (broad SMARTS) is 3. The third-order valence-corrected chi connectivity index (χ3v) is 10.5. The fourth-order valence-electron chi connectivity index (χ4n) is 6.62. The number of carboxylic acids is 3. The lowest BCUT2D eigenvalue weighted by Crippen LogP contribution is -2.44. The Bertz CT molecular complexity index is 1540. The van der Waals surface area contributed by atoms with Gasteiger partial charge in [0.1, 0.15) is 31.0 Å². The summed E-state index contributed by atoms with van der Waals surface area (Å²) in [6.45, 7) is 0.476. The summed E-state index contributed by atoms with van der Waals surface area (Å²) in [6, 6.07) is -3.55. The Labute approximate surface area is 405 Å². The highest BCUT2D eigenvalue weighted by atomic mass is 16.5. The van der Waals surface area contributed by atoms with E-state index in [2.05, 4.69) is 26.6 Å². The monoisotopic (exact) mass is 987 g/mol. The topological polar surface area (TPSA) is 354 Å². The summed E-state index contributed by atoms with van der Waals surface area (Å²) in [6.07, 6.45) is 13.8. The molecular formula is C45H79BN6O17. The van der Waals surface area contributed by atoms with Crippen LogP contribution in [0.5, 0.6) is 0 Å². The van der Waals surface area contributed by atoms with E-state index in [1.54, 1.807) is 0 Å². The molecule has 23 nitrogen and oxygen atoms in total. The Balaban J connectivity index is 3.98. The number of aliphatic carboxylic acids is 3. The minimum absolute atomic E-state index is 0.0415. The van der Waals surface area contributed by atoms with E-state index in [-0.39, 0.29) is 123 Å². The van der Waals surface area contributed by atoms with Crippen molar-refractivity contribution in [2.45, 2.75) is 159 Å². The maximum absolute atomic E-state index is 12.5. The molecule has 0 saturated carbocycles. The first-order chi connectivity index (χ1) is 33.0. The lowest BCUT2D eigenvalue weighted by atomic mass is 9.92. The van der Waals surface area contributed by atoms with Crippen molar-refractivity contribution in [3.63, 3.8) is 0 Å². The average molecular weight is 987 g/mol. The first-order valence-electron chi connectivity index (χ1n) is 24.2. The number of hydrogen-bond acceptors (Lipinski definition) is 14. The summed E-state index contributed by atoms with van der Waals surface area (Å²) >= 11 is 0. The van der Waals surface area contributed by atoms with Crippen molar-refractivity contribution in [3.8, 4) is 0 Å². The predicted octanol–water partition coefficient (Wildman–Crippen LogP) is 0.221. The van der Waals surface area contributed by atoms with Gasteiger partial charge in [0.05, 0.1) is 45.7 Å². The molecule has 0 fully saturated rings. The van der Waals surface area contributed by atoms with E-state index in [9.17, 15) is 58.2 Å². The first kappa shape index (κ1) is 63.8. The Morgan fingerprint density at radius 1 is 0.406 bits per heavy atom. The van der Waals surface area contributed by atoms with Crippen molar-refractivity contribution in [3.05, 3.63) is 0 Å². The number of primary amides is 1. The molecular weight excluding hydrogens is 907 g/mol. The Kier molecular flexibility index (Phi) is 39.6. The van der Waals surface area contributed by atoms with Gasteiger partial charge >= 0.3 is 17.9 Å². The highest BCUT2D eigenvalue weighted by Crippen LogP contribution is 2.14. The fourth-order valence-corrected chi connectivity index (χ4v) is 6.62. The summed E-state index contributed by atoms with van der Waals surface area (Å²) in [5, 5.41) is 40.2. The van der Waals surface area contributed by atoms with Crippen LogP contribution in [0.25, 0.3) is 0 Å². The van der Waals surface area contributed by atoms with Crippen LogP contribution in [0, 0.1) is 0 Å². The van der Waals surface area contributed by atoms with E-state index >= 15 is 0 Å². The van der Waals surface area contributed by atoms with Crippen LogP contribution in [0.15, 0.2) is 0 Å². The van der Waals surface area contributed by atoms with Crippen molar-refractivity contribution >= 4 is 66.9 Å². The van der Waals surface area contributed by atoms with E-state index in [0.717, 1.165) is 57.8 Å². The van der Waals surface area contributed by atoms with E-state index in [1.807, 2.05) is 0 Å². The van der Waals surface area contributed by atoms with Crippen LogP contribution in [0.3, 0.4) is 0 Å². The molecule has 0 aromatic carbocycles. The number of ether oxygens (including phenoxy) is 4. The summed E-state index contributed by atoms with van der Waals surface area (Å²) in [5.74, 6) is -6.58. The van der Waals surface area contributed by atoms with E-state index in [4.69, 9.17) is 29.8 Å². The van der Waals surface area contributed by atoms with Crippen LogP contribution in [-0.4, -0.2) is 166 Å². The minimum Gasteiger partial charge on any atom is -0.481 e. The molecule has 3 atom stereocenters. The molecule has 394 valence electrons. The quantitative estimate of drug-likeness (QED) is 0.0291. The Morgan fingerprint density at radius 2 is 0.768 bits per heavy atom. The summed E-state index contributed by atoms with van der Waals surface area (Å²) in [4.78, 5) is 118. The van der Waals surface area contributed by atoms with Crippen molar-refractivity contribution in [1.29, 1.82) is 0 Å². The lowest BCUT2D eigenvalue weighted by Gasteiger charge is -2.17. The van der Waals surface area contributed by atoms with Crippen LogP contribution in [-0.2, 0) is 66.9 Å². The number of rotatable bonds is 48. The van der Waals surface area contributed by atoms with Crippen LogP contribution < -0.4 is 32.3 Å². The Morgan fingerprint density at radius 3 is 1.20 bits per heavy atom. The maximum Gasteiger partial charge on any atom is 0.326 e. The van der Waals surface area contributed by atoms with Crippen molar-refractivity contribution in [2.75, 3.05) is 65.9 Å². The molecule has 0 spiro atoms. The normalized spacial score (nSPS) is 12.2. The lowest BCUT2D eigenvalue weighted by molar-refractivity contribution is -0.143. The molecule has 2 unspecified atom stereocenters. The van der Waals surface area contributed by atoms with Gasteiger partial charge in [-0.15, -0.1) is 0 Å². The number of amides is 6. The van der Waals surface area contributed by atoms with Gasteiger partial charge in [-0.3, -0.25) is 33.6 Å². The van der Waals surface area contributed by atoms with E-state index in [1.165, 1.54) is 33.5 Å². The second-order valence-electron chi connectivity index (χ2n) is 16.6. The smallest absolute Gasteiger partial charge is 0.326 e. The minimum atomic E-state index is -1.40. The second kappa shape index (κ2) is 42.9. The molecule has 0 aromatic heterocycles. The van der Waals surface area contributed by atoms with Gasteiger partial charge in [-0.1, -0.05) is 77.0 Å². The fraction of sp³-hybridized carbons (Fsp3) is 0.778. The molecule has 0 rings (SSSR count). The molecule has 0 aliphatic heterocycles. The van der Waals surface area contributed by atoms with Crippen molar-refractivity contribution in [1.82, 2.24) is 26.6 Å². The predicted molar refractivity (Wildman–Crippen MR) is 252 cm³/mol. The molecule has 0 bridgehead atoms. The number of nitrogens with one attached hydrogen (secondary N) is 5. The molecule has 0 saturated heterocycles. The molecule has 0 aromatic rings. The molecule has 0 radical (unpaired) electrons. The zero-order chi connectivity index (χ0) is 51.5. The number of carbonyl (C=O) groups is 10. The van der Waals surface area contributed by atoms with Crippen LogP contribution in [0.4, 0.5) is 0 Å². The SMILES string of the molecule is BC(=O)C(CCC(N)=O)NC(=O)COCCOCCNC(=O)COCCOCCNC(=O)CC[C@H](NC(=O)CCC(NC(=O)CCCCCCCCCCCCCCCCC(=O)O)C(=O)O)C(=O)O. The van der Waals surface area contributed by atoms with E-state index in [0.29, 0.717) is 6.42 Å². The molecule has 69 heavy (non-hydrogen) atoms. The van der Waals surface area contributed by atoms with Crippen LogP contribution >= 0.6 is 0 Å². The number of unbranched alkanes of at least 4 members (excludes halogenated alkanes) is 13. The number of hydrogen-bond donors (Lipinski definition) is 9. The zero-order valence-corrected chi connectivity index (χ0v) is 40.5. The van der Waals surface area contributed by atoms with Gasteiger partial charge in [-0.05, 0) is 32.1 Å². The summed E-state index contributed by atoms with van der Waals surface area (Å²) in [5.41, 5.74) is 4.77. The second-order valence-corrected chi connectivity index (χ2v) is 16.6.